The van der Waals surface area contributed by atoms with Crippen LogP contribution in [-0.4, -0.2) is 19.0 Å². The van der Waals surface area contributed by atoms with Gasteiger partial charge < -0.3 is 9.53 Å². The Morgan fingerprint density at radius 1 is 0.630 bits per heavy atom. The van der Waals surface area contributed by atoms with Gasteiger partial charge in [0.05, 0.1) is 6.10 Å². The van der Waals surface area contributed by atoms with Gasteiger partial charge in [-0.2, -0.15) is 0 Å². The standard InChI is InChI=1S/C25H48O2/c1-2-3-4-5-6-7-8-9-10-11-12-13-14-15-16-17-22-27-25-20-18-24(23-26)19-21-25/h23-25H,2-22H2,1H3. The second kappa shape index (κ2) is 19.0. The fourth-order valence-corrected chi connectivity index (χ4v) is 4.29. The fraction of sp³-hybridized carbons (Fsp3) is 0.960. The summed E-state index contributed by atoms with van der Waals surface area (Å²) in [5, 5.41) is 0. The molecule has 0 bridgehead atoms. The second-order valence-corrected chi connectivity index (χ2v) is 8.85. The van der Waals surface area contributed by atoms with Crippen molar-refractivity contribution in [2.75, 3.05) is 6.61 Å². The fourth-order valence-electron chi connectivity index (χ4n) is 4.29. The molecule has 1 fully saturated rings. The number of carbonyl (C=O) groups excluding carboxylic acids is 1. The molecule has 0 amide bonds. The zero-order valence-electron chi connectivity index (χ0n) is 18.4. The van der Waals surface area contributed by atoms with E-state index in [1.165, 1.54) is 103 Å². The van der Waals surface area contributed by atoms with Crippen LogP contribution in [0.25, 0.3) is 0 Å². The van der Waals surface area contributed by atoms with Crippen LogP contribution >= 0.6 is 0 Å². The van der Waals surface area contributed by atoms with Crippen molar-refractivity contribution in [3.05, 3.63) is 0 Å². The Hall–Kier alpha value is -0.370. The molecule has 27 heavy (non-hydrogen) atoms. The highest BCUT2D eigenvalue weighted by molar-refractivity contribution is 5.53. The van der Waals surface area contributed by atoms with Gasteiger partial charge in [-0.3, -0.25) is 0 Å². The maximum Gasteiger partial charge on any atom is 0.123 e. The van der Waals surface area contributed by atoms with E-state index >= 15 is 0 Å². The summed E-state index contributed by atoms with van der Waals surface area (Å²) in [4.78, 5) is 10.8. The van der Waals surface area contributed by atoms with Crippen molar-refractivity contribution in [2.45, 2.75) is 141 Å². The van der Waals surface area contributed by atoms with Crippen molar-refractivity contribution < 1.29 is 9.53 Å². The Morgan fingerprint density at radius 2 is 1.04 bits per heavy atom. The minimum Gasteiger partial charge on any atom is -0.378 e. The Bertz CT molecular complexity index is 307. The third-order valence-electron chi connectivity index (χ3n) is 6.26. The van der Waals surface area contributed by atoms with Gasteiger partial charge in [-0.15, -0.1) is 0 Å². The number of unbranched alkanes of at least 4 members (excludes halogenated alkanes) is 15. The van der Waals surface area contributed by atoms with E-state index in [2.05, 4.69) is 6.92 Å². The SMILES string of the molecule is CCCCCCCCCCCCCCCCCCOC1CCC(C=O)CC1. The molecule has 1 aliphatic carbocycles. The molecule has 0 heterocycles. The highest BCUT2D eigenvalue weighted by Gasteiger charge is 2.20. The molecule has 0 unspecified atom stereocenters. The quantitative estimate of drug-likeness (QED) is 0.167. The molecule has 2 heteroatoms. The number of hydrogen-bond acceptors (Lipinski definition) is 2. The lowest BCUT2D eigenvalue weighted by Gasteiger charge is -2.25. The summed E-state index contributed by atoms with van der Waals surface area (Å²) in [6.07, 6.45) is 28.4. The van der Waals surface area contributed by atoms with E-state index in [0.717, 1.165) is 38.6 Å². The van der Waals surface area contributed by atoms with Crippen LogP contribution in [0.3, 0.4) is 0 Å². The Morgan fingerprint density at radius 3 is 1.44 bits per heavy atom. The van der Waals surface area contributed by atoms with Crippen LogP contribution in [0.15, 0.2) is 0 Å². The number of hydrogen-bond donors (Lipinski definition) is 0. The maximum absolute atomic E-state index is 10.8. The van der Waals surface area contributed by atoms with Gasteiger partial charge in [0.2, 0.25) is 0 Å². The zero-order valence-corrected chi connectivity index (χ0v) is 18.4. The summed E-state index contributed by atoms with van der Waals surface area (Å²) in [6, 6.07) is 0. The number of ether oxygens (including phenoxy) is 1. The van der Waals surface area contributed by atoms with Gasteiger partial charge in [0.15, 0.2) is 0 Å². The zero-order chi connectivity index (χ0) is 19.4. The normalized spacial score (nSPS) is 20.0. The Labute approximate surface area is 170 Å². The van der Waals surface area contributed by atoms with Crippen molar-refractivity contribution in [2.24, 2.45) is 5.92 Å². The number of rotatable bonds is 19. The molecule has 0 spiro atoms. The van der Waals surface area contributed by atoms with E-state index in [1.54, 1.807) is 0 Å². The summed E-state index contributed by atoms with van der Waals surface area (Å²) >= 11 is 0. The summed E-state index contributed by atoms with van der Waals surface area (Å²) in [5.41, 5.74) is 0. The van der Waals surface area contributed by atoms with Crippen LogP contribution in [0.5, 0.6) is 0 Å². The lowest BCUT2D eigenvalue weighted by atomic mass is 9.88. The largest absolute Gasteiger partial charge is 0.378 e. The molecule has 0 atom stereocenters. The van der Waals surface area contributed by atoms with E-state index < -0.39 is 0 Å². The highest BCUT2D eigenvalue weighted by atomic mass is 16.5. The van der Waals surface area contributed by atoms with Crippen molar-refractivity contribution in [3.63, 3.8) is 0 Å². The van der Waals surface area contributed by atoms with Crippen LogP contribution in [0.4, 0.5) is 0 Å². The van der Waals surface area contributed by atoms with E-state index in [1.807, 2.05) is 0 Å². The van der Waals surface area contributed by atoms with Crippen LogP contribution in [0, 0.1) is 5.92 Å². The third-order valence-corrected chi connectivity index (χ3v) is 6.26. The van der Waals surface area contributed by atoms with E-state index in [-0.39, 0.29) is 0 Å². The van der Waals surface area contributed by atoms with E-state index in [9.17, 15) is 4.79 Å². The van der Waals surface area contributed by atoms with Crippen molar-refractivity contribution in [1.29, 1.82) is 0 Å². The molecule has 2 nitrogen and oxygen atoms in total. The number of aldehydes is 1. The van der Waals surface area contributed by atoms with Gasteiger partial charge in [-0.1, -0.05) is 103 Å². The minimum atomic E-state index is 0.306. The predicted octanol–water partition coefficient (Wildman–Crippen LogP) is 8.02. The Kier molecular flexibility index (Phi) is 17.3. The average molecular weight is 381 g/mol. The average Bonchev–Trinajstić information content (AvgIpc) is 2.70. The predicted molar refractivity (Wildman–Crippen MR) is 117 cm³/mol. The van der Waals surface area contributed by atoms with Gasteiger partial charge in [0, 0.05) is 12.5 Å². The molecular formula is C25H48O2. The van der Waals surface area contributed by atoms with Crippen molar-refractivity contribution >= 4 is 6.29 Å². The minimum absolute atomic E-state index is 0.306. The van der Waals surface area contributed by atoms with Gasteiger partial charge in [0.1, 0.15) is 6.29 Å². The molecular weight excluding hydrogens is 332 g/mol. The lowest BCUT2D eigenvalue weighted by molar-refractivity contribution is -0.112. The highest BCUT2D eigenvalue weighted by Crippen LogP contribution is 2.25. The lowest BCUT2D eigenvalue weighted by Crippen LogP contribution is -2.22. The molecule has 0 radical (unpaired) electrons. The maximum atomic E-state index is 10.8. The molecule has 160 valence electrons. The van der Waals surface area contributed by atoms with Crippen LogP contribution < -0.4 is 0 Å². The van der Waals surface area contributed by atoms with Crippen LogP contribution in [-0.2, 0) is 9.53 Å². The van der Waals surface area contributed by atoms with Gasteiger partial charge in [-0.05, 0) is 32.1 Å². The third kappa shape index (κ3) is 15.3. The summed E-state index contributed by atoms with van der Waals surface area (Å²) in [7, 11) is 0. The first-order valence-corrected chi connectivity index (χ1v) is 12.4. The molecule has 0 aromatic rings. The second-order valence-electron chi connectivity index (χ2n) is 8.85. The van der Waals surface area contributed by atoms with E-state index in [4.69, 9.17) is 4.74 Å². The molecule has 0 aromatic carbocycles. The molecule has 0 aliphatic heterocycles. The molecule has 0 saturated heterocycles. The van der Waals surface area contributed by atoms with E-state index in [0.29, 0.717) is 12.0 Å². The smallest absolute Gasteiger partial charge is 0.123 e. The molecule has 1 rings (SSSR count). The number of carbonyl (C=O) groups is 1. The summed E-state index contributed by atoms with van der Waals surface area (Å²) in [5.74, 6) is 0.306. The van der Waals surface area contributed by atoms with Crippen LogP contribution in [0.1, 0.15) is 135 Å². The monoisotopic (exact) mass is 380 g/mol. The molecule has 1 saturated carbocycles. The molecule has 1 aliphatic rings. The van der Waals surface area contributed by atoms with Gasteiger partial charge in [0.25, 0.3) is 0 Å². The van der Waals surface area contributed by atoms with Crippen molar-refractivity contribution in [3.8, 4) is 0 Å². The molecule has 0 aromatic heterocycles. The summed E-state index contributed by atoms with van der Waals surface area (Å²) in [6.45, 7) is 3.22. The topological polar surface area (TPSA) is 26.3 Å². The molecule has 0 N–H and O–H groups in total. The first-order valence-electron chi connectivity index (χ1n) is 12.4. The van der Waals surface area contributed by atoms with Gasteiger partial charge in [-0.25, -0.2) is 0 Å². The van der Waals surface area contributed by atoms with Gasteiger partial charge >= 0.3 is 0 Å². The first-order chi connectivity index (χ1) is 13.4. The first kappa shape index (κ1) is 24.7. The Balaban J connectivity index is 1.69. The van der Waals surface area contributed by atoms with Crippen molar-refractivity contribution in [1.82, 2.24) is 0 Å². The summed E-state index contributed by atoms with van der Waals surface area (Å²) < 4.78 is 5.98. The van der Waals surface area contributed by atoms with Crippen LogP contribution in [0.2, 0.25) is 0 Å².